The van der Waals surface area contributed by atoms with Crippen molar-refractivity contribution in [2.24, 2.45) is 0 Å². The fraction of sp³-hybridized carbons (Fsp3) is 0.200. The van der Waals surface area contributed by atoms with E-state index in [0.717, 1.165) is 12.8 Å². The van der Waals surface area contributed by atoms with Crippen molar-refractivity contribution in [2.45, 2.75) is 26.7 Å². The number of aryl methyl sites for hydroxylation is 2. The summed E-state index contributed by atoms with van der Waals surface area (Å²) in [5.41, 5.74) is 8.20. The van der Waals surface area contributed by atoms with Gasteiger partial charge in [0.1, 0.15) is 0 Å². The molecule has 4 rings (SSSR count). The molecule has 0 fully saturated rings. The molecule has 0 atom stereocenters. The van der Waals surface area contributed by atoms with Crippen molar-refractivity contribution >= 4 is 0 Å². The molecule has 2 aliphatic rings. The third-order valence-corrected chi connectivity index (χ3v) is 3.88. The summed E-state index contributed by atoms with van der Waals surface area (Å²) in [6, 6.07) is 14.5. The van der Waals surface area contributed by atoms with Crippen LogP contribution in [0, 0.1) is 26.0 Å². The molecule has 0 saturated heterocycles. The number of fused-ring (bicyclic) bond motifs is 3. The fourth-order valence-corrected chi connectivity index (χ4v) is 2.65. The van der Waals surface area contributed by atoms with Crippen molar-refractivity contribution in [3.63, 3.8) is 0 Å². The third kappa shape index (κ3) is 5.09. The smallest absolute Gasteiger partial charge is 1.00 e. The Balaban J connectivity index is 0.000000529. The van der Waals surface area contributed by atoms with E-state index in [1.165, 1.54) is 33.4 Å². The first-order chi connectivity index (χ1) is 9.75. The molecule has 0 bridgehead atoms. The predicted octanol–water partition coefficient (Wildman–Crippen LogP) is -1.01. The topological polar surface area (TPSA) is 0 Å². The number of allylic oxidation sites excluding steroid dienone is 4. The molecular weight excluding hydrogens is 359 g/mol. The maximum atomic E-state index is 3.50. The predicted molar refractivity (Wildman–Crippen MR) is 84.6 cm³/mol. The van der Waals surface area contributed by atoms with Gasteiger partial charge in [-0.3, -0.25) is 6.08 Å². The molecule has 23 heavy (non-hydrogen) atoms. The molecule has 0 radical (unpaired) electrons. The van der Waals surface area contributed by atoms with E-state index < -0.39 is 0 Å². The summed E-state index contributed by atoms with van der Waals surface area (Å²) in [5, 5.41) is 0. The van der Waals surface area contributed by atoms with Crippen LogP contribution in [0.15, 0.2) is 48.6 Å². The van der Waals surface area contributed by atoms with Gasteiger partial charge in [-0.05, 0) is 6.42 Å². The number of benzene rings is 2. The van der Waals surface area contributed by atoms with E-state index >= 15 is 0 Å². The van der Waals surface area contributed by atoms with Crippen LogP contribution in [0.1, 0.15) is 28.7 Å². The van der Waals surface area contributed by atoms with Crippen LogP contribution in [-0.4, -0.2) is 0 Å². The van der Waals surface area contributed by atoms with Gasteiger partial charge in [0.2, 0.25) is 0 Å². The van der Waals surface area contributed by atoms with Crippen LogP contribution in [0.25, 0.3) is 11.1 Å². The van der Waals surface area contributed by atoms with Crippen LogP contribution in [0.5, 0.6) is 0 Å². The molecule has 0 N–H and O–H groups in total. The van der Waals surface area contributed by atoms with E-state index in [4.69, 9.17) is 0 Å². The molecular formula is C20H18Cl2Ti. The van der Waals surface area contributed by atoms with Gasteiger partial charge >= 0.3 is 21.7 Å². The Labute approximate surface area is 166 Å². The van der Waals surface area contributed by atoms with Crippen molar-refractivity contribution in [1.29, 1.82) is 0 Å². The second kappa shape index (κ2) is 10.2. The van der Waals surface area contributed by atoms with Gasteiger partial charge < -0.3 is 24.8 Å². The Hall–Kier alpha value is -0.786. The molecule has 3 heteroatoms. The summed E-state index contributed by atoms with van der Waals surface area (Å²) in [7, 11) is 0. The number of halogens is 2. The minimum atomic E-state index is 0. The van der Waals surface area contributed by atoms with Gasteiger partial charge in [0, 0.05) is 0 Å². The molecule has 2 aromatic rings. The number of hydrogen-bond donors (Lipinski definition) is 0. The van der Waals surface area contributed by atoms with E-state index in [9.17, 15) is 0 Å². The van der Waals surface area contributed by atoms with Crippen LogP contribution < -0.4 is 24.8 Å². The molecule has 0 aromatic heterocycles. The van der Waals surface area contributed by atoms with Gasteiger partial charge in [0.05, 0.1) is 0 Å². The van der Waals surface area contributed by atoms with Crippen LogP contribution in [0.4, 0.5) is 0 Å². The molecule has 2 aromatic carbocycles. The largest absolute Gasteiger partial charge is 4.00 e. The Bertz CT molecular complexity index is 693. The third-order valence-electron chi connectivity index (χ3n) is 3.88. The zero-order chi connectivity index (χ0) is 13.9. The monoisotopic (exact) mass is 376 g/mol. The Morgan fingerprint density at radius 2 is 1.74 bits per heavy atom. The first kappa shape index (κ1) is 22.2. The maximum Gasteiger partial charge on any atom is 4.00 e. The zero-order valence-corrected chi connectivity index (χ0v) is 16.4. The number of hydrogen-bond acceptors (Lipinski definition) is 0. The normalized spacial score (nSPS) is 11.9. The van der Waals surface area contributed by atoms with E-state index in [1.807, 2.05) is 12.2 Å². The molecule has 0 aliphatic heterocycles. The molecule has 0 unspecified atom stereocenters. The first-order valence-corrected chi connectivity index (χ1v) is 7.08. The van der Waals surface area contributed by atoms with E-state index in [2.05, 4.69) is 62.4 Å². The summed E-state index contributed by atoms with van der Waals surface area (Å²) in [6.07, 6.45) is 11.0. The number of rotatable bonds is 0. The van der Waals surface area contributed by atoms with Crippen LogP contribution >= 0.6 is 0 Å². The second-order valence-electron chi connectivity index (χ2n) is 5.31. The first-order valence-electron chi connectivity index (χ1n) is 7.08. The van der Waals surface area contributed by atoms with Crippen molar-refractivity contribution in [3.05, 3.63) is 83.0 Å². The molecule has 0 saturated carbocycles. The molecule has 0 amide bonds. The zero-order valence-electron chi connectivity index (χ0n) is 13.3. The van der Waals surface area contributed by atoms with E-state index in [1.54, 1.807) is 0 Å². The van der Waals surface area contributed by atoms with E-state index in [0.29, 0.717) is 0 Å². The van der Waals surface area contributed by atoms with Crippen LogP contribution in [-0.2, 0) is 28.1 Å². The van der Waals surface area contributed by atoms with Gasteiger partial charge in [-0.25, -0.2) is 12.2 Å². The second-order valence-corrected chi connectivity index (χ2v) is 5.31. The van der Waals surface area contributed by atoms with Crippen molar-refractivity contribution < 1.29 is 46.5 Å². The fourth-order valence-electron chi connectivity index (χ4n) is 2.65. The van der Waals surface area contributed by atoms with Crippen molar-refractivity contribution in [2.75, 3.05) is 0 Å². The summed E-state index contributed by atoms with van der Waals surface area (Å²) < 4.78 is 0. The molecule has 0 nitrogen and oxygen atoms in total. The SMILES string of the molecule is Cc1[c-]c2c(cc1C)-c1ccccc1C2.[C-]1=CC=CC1.[Cl-].[Cl-].[Ti+4]. The van der Waals surface area contributed by atoms with Gasteiger partial charge in [-0.2, -0.15) is 29.3 Å². The van der Waals surface area contributed by atoms with E-state index in [-0.39, 0.29) is 46.5 Å². The minimum Gasteiger partial charge on any atom is -1.00 e. The van der Waals surface area contributed by atoms with Gasteiger partial charge in [0.25, 0.3) is 0 Å². The van der Waals surface area contributed by atoms with Gasteiger partial charge in [-0.15, -0.1) is 17.5 Å². The van der Waals surface area contributed by atoms with Crippen molar-refractivity contribution in [1.82, 2.24) is 0 Å². The maximum absolute atomic E-state index is 3.50. The average molecular weight is 377 g/mol. The summed E-state index contributed by atoms with van der Waals surface area (Å²) in [5.74, 6) is 0. The summed E-state index contributed by atoms with van der Waals surface area (Å²) >= 11 is 0. The average Bonchev–Trinajstić information content (AvgIpc) is 3.11. The van der Waals surface area contributed by atoms with Crippen LogP contribution in [0.3, 0.4) is 0 Å². The molecule has 116 valence electrons. The summed E-state index contributed by atoms with van der Waals surface area (Å²) in [4.78, 5) is 0. The van der Waals surface area contributed by atoms with Crippen LogP contribution in [0.2, 0.25) is 0 Å². The Morgan fingerprint density at radius 3 is 2.35 bits per heavy atom. The minimum absolute atomic E-state index is 0. The Morgan fingerprint density at radius 1 is 1.00 bits per heavy atom. The quantitative estimate of drug-likeness (QED) is 0.348. The molecule has 2 aliphatic carbocycles. The molecule has 0 spiro atoms. The summed E-state index contributed by atoms with van der Waals surface area (Å²) in [6.45, 7) is 4.30. The Kier molecular flexibility index (Phi) is 9.81. The van der Waals surface area contributed by atoms with Crippen molar-refractivity contribution in [3.8, 4) is 11.1 Å². The molecule has 0 heterocycles. The van der Waals surface area contributed by atoms with Gasteiger partial charge in [-0.1, -0.05) is 49.2 Å². The van der Waals surface area contributed by atoms with Gasteiger partial charge in [0.15, 0.2) is 0 Å². The standard InChI is InChI=1S/C15H13.C5H5.2ClH.Ti/c1-10-7-13-9-12-5-3-4-6-14(12)15(13)8-11(10)2;1-2-4-5-3-1;;;/h3-6,8H,9H2,1-2H3;1-3H,4H2;2*1H;/q2*-1;;;+4/p-2.